The number of aromatic amines is 1. The van der Waals surface area contributed by atoms with Crippen molar-refractivity contribution in [3.63, 3.8) is 0 Å². The average molecular weight is 285 g/mol. The number of nitrogens with zero attached hydrogens (tertiary/aromatic N) is 1. The average Bonchev–Trinajstić information content (AvgIpc) is 2.68. The molecule has 3 rings (SSSR count). The van der Waals surface area contributed by atoms with Crippen LogP contribution in [-0.2, 0) is 6.42 Å². The molecule has 2 aromatic rings. The van der Waals surface area contributed by atoms with Gasteiger partial charge in [-0.1, -0.05) is 25.7 Å². The first-order valence-corrected chi connectivity index (χ1v) is 8.41. The molecule has 3 heteroatoms. The summed E-state index contributed by atoms with van der Waals surface area (Å²) in [4.78, 5) is 8.18. The molecular formula is C18H27N3. The van der Waals surface area contributed by atoms with Crippen LogP contribution < -0.4 is 5.32 Å². The van der Waals surface area contributed by atoms with Crippen LogP contribution in [0.3, 0.4) is 0 Å². The van der Waals surface area contributed by atoms with Gasteiger partial charge in [0.2, 0.25) is 0 Å². The molecule has 1 aromatic heterocycles. The quantitative estimate of drug-likeness (QED) is 0.833. The molecule has 1 heterocycles. The Morgan fingerprint density at radius 2 is 1.81 bits per heavy atom. The molecule has 21 heavy (non-hydrogen) atoms. The summed E-state index contributed by atoms with van der Waals surface area (Å²) in [5, 5.41) is 3.72. The molecule has 1 aliphatic carbocycles. The van der Waals surface area contributed by atoms with Gasteiger partial charge in [-0.05, 0) is 49.9 Å². The lowest BCUT2D eigenvalue weighted by molar-refractivity contribution is 0.461. The topological polar surface area (TPSA) is 40.7 Å². The van der Waals surface area contributed by atoms with E-state index in [4.69, 9.17) is 4.98 Å². The summed E-state index contributed by atoms with van der Waals surface area (Å²) in [6.45, 7) is 5.34. The number of H-pyrrole nitrogens is 1. The molecule has 1 aliphatic rings. The summed E-state index contributed by atoms with van der Waals surface area (Å²) in [6.07, 6.45) is 9.29. The Morgan fingerprint density at radius 1 is 1.10 bits per heavy atom. The van der Waals surface area contributed by atoms with E-state index in [1.54, 1.807) is 0 Å². The highest BCUT2D eigenvalue weighted by Crippen LogP contribution is 2.18. The summed E-state index contributed by atoms with van der Waals surface area (Å²) in [6, 6.07) is 5.12. The Labute approximate surface area is 127 Å². The Hall–Kier alpha value is -1.35. The predicted molar refractivity (Wildman–Crippen MR) is 88.8 cm³/mol. The highest BCUT2D eigenvalue weighted by Gasteiger charge is 2.11. The molecule has 0 unspecified atom stereocenters. The molecule has 0 saturated heterocycles. The fourth-order valence-corrected chi connectivity index (χ4v) is 3.32. The highest BCUT2D eigenvalue weighted by atomic mass is 14.9. The van der Waals surface area contributed by atoms with Crippen LogP contribution in [0.1, 0.15) is 55.5 Å². The highest BCUT2D eigenvalue weighted by molar-refractivity contribution is 5.77. The van der Waals surface area contributed by atoms with Crippen LogP contribution in [0.15, 0.2) is 12.1 Å². The lowest BCUT2D eigenvalue weighted by Crippen LogP contribution is -2.30. The van der Waals surface area contributed by atoms with Crippen molar-refractivity contribution in [2.24, 2.45) is 0 Å². The molecular weight excluding hydrogens is 258 g/mol. The maximum atomic E-state index is 4.72. The number of hydrogen-bond donors (Lipinski definition) is 2. The number of aromatic nitrogens is 2. The number of rotatable bonds is 4. The molecule has 1 saturated carbocycles. The van der Waals surface area contributed by atoms with Crippen LogP contribution in [0.5, 0.6) is 0 Å². The second kappa shape index (κ2) is 6.61. The van der Waals surface area contributed by atoms with Crippen LogP contribution >= 0.6 is 0 Å². The fraction of sp³-hybridized carbons (Fsp3) is 0.611. The standard InChI is InChI=1S/C18H27N3/c1-13-11-16-17(12-14(13)2)21-18(20-16)9-10-19-15-7-5-3-4-6-8-15/h11-12,15,19H,3-10H2,1-2H3,(H,20,21). The largest absolute Gasteiger partial charge is 0.342 e. The SMILES string of the molecule is Cc1cc2nc(CCNC3CCCCCC3)[nH]c2cc1C. The second-order valence-corrected chi connectivity index (χ2v) is 6.53. The van der Waals surface area contributed by atoms with Gasteiger partial charge in [0.1, 0.15) is 5.82 Å². The van der Waals surface area contributed by atoms with E-state index in [0.29, 0.717) is 0 Å². The Bertz CT molecular complexity index is 553. The summed E-state index contributed by atoms with van der Waals surface area (Å²) >= 11 is 0. The Morgan fingerprint density at radius 3 is 2.57 bits per heavy atom. The van der Waals surface area contributed by atoms with Gasteiger partial charge in [-0.15, -0.1) is 0 Å². The van der Waals surface area contributed by atoms with Crippen molar-refractivity contribution in [1.29, 1.82) is 0 Å². The van der Waals surface area contributed by atoms with E-state index in [1.165, 1.54) is 55.2 Å². The Balaban J connectivity index is 1.57. The van der Waals surface area contributed by atoms with E-state index in [9.17, 15) is 0 Å². The minimum atomic E-state index is 0.723. The first kappa shape index (κ1) is 14.6. The van der Waals surface area contributed by atoms with Crippen molar-refractivity contribution in [3.05, 3.63) is 29.1 Å². The van der Waals surface area contributed by atoms with Crippen molar-refractivity contribution in [1.82, 2.24) is 15.3 Å². The van der Waals surface area contributed by atoms with Crippen molar-refractivity contribution in [2.75, 3.05) is 6.54 Å². The van der Waals surface area contributed by atoms with E-state index in [0.717, 1.165) is 30.3 Å². The first-order chi connectivity index (χ1) is 10.2. The number of fused-ring (bicyclic) bond motifs is 1. The van der Waals surface area contributed by atoms with Crippen molar-refractivity contribution < 1.29 is 0 Å². The zero-order chi connectivity index (χ0) is 14.7. The van der Waals surface area contributed by atoms with Crippen molar-refractivity contribution in [2.45, 2.75) is 64.8 Å². The molecule has 0 bridgehead atoms. The maximum Gasteiger partial charge on any atom is 0.108 e. The first-order valence-electron chi connectivity index (χ1n) is 8.41. The monoisotopic (exact) mass is 285 g/mol. The second-order valence-electron chi connectivity index (χ2n) is 6.53. The third-order valence-electron chi connectivity index (χ3n) is 4.80. The normalized spacial score (nSPS) is 17.2. The van der Waals surface area contributed by atoms with Crippen LogP contribution in [0, 0.1) is 13.8 Å². The van der Waals surface area contributed by atoms with Crippen LogP contribution in [-0.4, -0.2) is 22.6 Å². The predicted octanol–water partition coefficient (Wildman–Crippen LogP) is 4.03. The van der Waals surface area contributed by atoms with E-state index in [-0.39, 0.29) is 0 Å². The molecule has 1 fully saturated rings. The summed E-state index contributed by atoms with van der Waals surface area (Å²) < 4.78 is 0. The van der Waals surface area contributed by atoms with E-state index in [2.05, 4.69) is 36.3 Å². The Kier molecular flexibility index (Phi) is 4.59. The van der Waals surface area contributed by atoms with E-state index < -0.39 is 0 Å². The molecule has 0 spiro atoms. The third kappa shape index (κ3) is 3.65. The smallest absolute Gasteiger partial charge is 0.108 e. The molecule has 1 aromatic carbocycles. The molecule has 0 amide bonds. The molecule has 114 valence electrons. The number of hydrogen-bond acceptors (Lipinski definition) is 2. The summed E-state index contributed by atoms with van der Waals surface area (Å²) in [5.41, 5.74) is 4.91. The number of benzene rings is 1. The number of imidazole rings is 1. The number of aryl methyl sites for hydroxylation is 2. The van der Waals surface area contributed by atoms with E-state index >= 15 is 0 Å². The molecule has 2 N–H and O–H groups in total. The zero-order valence-corrected chi connectivity index (χ0v) is 13.3. The maximum absolute atomic E-state index is 4.72. The van der Waals surface area contributed by atoms with Crippen molar-refractivity contribution >= 4 is 11.0 Å². The third-order valence-corrected chi connectivity index (χ3v) is 4.80. The van der Waals surface area contributed by atoms with Gasteiger partial charge in [0.25, 0.3) is 0 Å². The molecule has 0 atom stereocenters. The lowest BCUT2D eigenvalue weighted by atomic mass is 10.1. The van der Waals surface area contributed by atoms with Gasteiger partial charge >= 0.3 is 0 Å². The molecule has 0 radical (unpaired) electrons. The minimum absolute atomic E-state index is 0.723. The van der Waals surface area contributed by atoms with Gasteiger partial charge in [-0.25, -0.2) is 4.98 Å². The van der Waals surface area contributed by atoms with Crippen LogP contribution in [0.25, 0.3) is 11.0 Å². The number of nitrogens with one attached hydrogen (secondary N) is 2. The van der Waals surface area contributed by atoms with Gasteiger partial charge in [0.05, 0.1) is 11.0 Å². The summed E-state index contributed by atoms with van der Waals surface area (Å²) in [7, 11) is 0. The molecule has 3 nitrogen and oxygen atoms in total. The van der Waals surface area contributed by atoms with Crippen LogP contribution in [0.4, 0.5) is 0 Å². The minimum Gasteiger partial charge on any atom is -0.342 e. The van der Waals surface area contributed by atoms with Gasteiger partial charge in [0.15, 0.2) is 0 Å². The van der Waals surface area contributed by atoms with Gasteiger partial charge in [-0.3, -0.25) is 0 Å². The van der Waals surface area contributed by atoms with E-state index in [1.807, 2.05) is 0 Å². The fourth-order valence-electron chi connectivity index (χ4n) is 3.32. The summed E-state index contributed by atoms with van der Waals surface area (Å²) in [5.74, 6) is 1.11. The molecule has 0 aliphatic heterocycles. The van der Waals surface area contributed by atoms with Gasteiger partial charge < -0.3 is 10.3 Å². The zero-order valence-electron chi connectivity index (χ0n) is 13.3. The van der Waals surface area contributed by atoms with Crippen LogP contribution in [0.2, 0.25) is 0 Å². The van der Waals surface area contributed by atoms with Crippen molar-refractivity contribution in [3.8, 4) is 0 Å². The lowest BCUT2D eigenvalue weighted by Gasteiger charge is -2.15. The van der Waals surface area contributed by atoms with Gasteiger partial charge in [-0.2, -0.15) is 0 Å². The van der Waals surface area contributed by atoms with Gasteiger partial charge in [0, 0.05) is 19.0 Å².